The van der Waals surface area contributed by atoms with E-state index in [1.54, 1.807) is 60.7 Å². The topological polar surface area (TPSA) is 161 Å². The van der Waals surface area contributed by atoms with E-state index in [-0.39, 0.29) is 31.0 Å². The van der Waals surface area contributed by atoms with Gasteiger partial charge in [0.05, 0.1) is 19.6 Å². The molecule has 0 bridgehead atoms. The molecular weight excluding hydrogens is 532 g/mol. The molecule has 226 valence electrons. The van der Waals surface area contributed by atoms with Crippen LogP contribution in [-0.4, -0.2) is 53.4 Å². The maximum absolute atomic E-state index is 12.9. The van der Waals surface area contributed by atoms with Crippen LogP contribution in [0.25, 0.3) is 0 Å². The molecule has 0 unspecified atom stereocenters. The van der Waals surface area contributed by atoms with Crippen molar-refractivity contribution in [3.63, 3.8) is 0 Å². The molecule has 0 radical (unpaired) electrons. The van der Waals surface area contributed by atoms with E-state index in [1.165, 1.54) is 4.68 Å². The number of aromatic nitrogens is 1. The van der Waals surface area contributed by atoms with Crippen LogP contribution in [0.15, 0.2) is 47.4 Å². The highest BCUT2D eigenvalue weighted by Gasteiger charge is 2.23. The second-order valence-electron chi connectivity index (χ2n) is 11.2. The molecule has 13 heteroatoms. The molecule has 1 heterocycles. The van der Waals surface area contributed by atoms with Gasteiger partial charge < -0.3 is 20.2 Å². The molecule has 1 aromatic carbocycles. The predicted molar refractivity (Wildman–Crippen MR) is 153 cm³/mol. The number of alkyl carbamates (subject to hydrolysis) is 2. The maximum Gasteiger partial charge on any atom is 0.410 e. The minimum Gasteiger partial charge on any atom is -0.444 e. The lowest BCUT2D eigenvalue weighted by Gasteiger charge is -2.26. The number of rotatable bonds is 12. The number of amides is 3. The molecule has 13 nitrogen and oxygen atoms in total. The normalized spacial score (nSPS) is 11.5. The number of aryl methyl sites for hydroxylation is 1. The molecule has 0 atom stereocenters. The van der Waals surface area contributed by atoms with Gasteiger partial charge in [-0.05, 0) is 65.7 Å². The van der Waals surface area contributed by atoms with E-state index in [1.807, 2.05) is 30.3 Å². The van der Waals surface area contributed by atoms with Crippen LogP contribution in [0.2, 0.25) is 0 Å². The number of hydrogen-bond donors (Lipinski definition) is 5. The summed E-state index contributed by atoms with van der Waals surface area (Å²) in [4.78, 5) is 55.2. The van der Waals surface area contributed by atoms with E-state index in [4.69, 9.17) is 14.3 Å². The van der Waals surface area contributed by atoms with E-state index in [9.17, 15) is 19.2 Å². The van der Waals surface area contributed by atoms with Gasteiger partial charge in [-0.25, -0.2) is 14.3 Å². The van der Waals surface area contributed by atoms with Crippen LogP contribution in [0.1, 0.15) is 58.2 Å². The number of ether oxygens (including phenoxy) is 2. The fourth-order valence-electron chi connectivity index (χ4n) is 3.33. The number of benzene rings is 1. The Morgan fingerprint density at radius 3 is 2.05 bits per heavy atom. The van der Waals surface area contributed by atoms with Crippen LogP contribution in [0.5, 0.6) is 0 Å². The molecule has 2 aromatic rings. The molecule has 41 heavy (non-hydrogen) atoms. The predicted octanol–water partition coefficient (Wildman–Crippen LogP) is 2.41. The SMILES string of the molecule is Cc1ccn(NCc2ccccc2)c(=O)c1CC(=O)NCCONC(NC(=O)OC(C)(C)C)NC(=O)OC(C)(C)C. The first-order valence-electron chi connectivity index (χ1n) is 13.2. The van der Waals surface area contributed by atoms with Crippen LogP contribution in [0.3, 0.4) is 0 Å². The number of carbonyl (C=O) groups is 3. The number of carbonyl (C=O) groups excluding carboxylic acids is 3. The molecule has 1 aromatic heterocycles. The van der Waals surface area contributed by atoms with Gasteiger partial charge in [0.25, 0.3) is 5.56 Å². The molecule has 0 aliphatic carbocycles. The van der Waals surface area contributed by atoms with Gasteiger partial charge in [-0.1, -0.05) is 30.3 Å². The van der Waals surface area contributed by atoms with Crippen LogP contribution in [0, 0.1) is 6.92 Å². The van der Waals surface area contributed by atoms with Gasteiger partial charge in [0.2, 0.25) is 5.91 Å². The van der Waals surface area contributed by atoms with Gasteiger partial charge in [-0.15, -0.1) is 0 Å². The second-order valence-corrected chi connectivity index (χ2v) is 11.2. The lowest BCUT2D eigenvalue weighted by atomic mass is 10.1. The highest BCUT2D eigenvalue weighted by molar-refractivity contribution is 5.78. The molecule has 0 saturated carbocycles. The Morgan fingerprint density at radius 2 is 1.49 bits per heavy atom. The zero-order valence-corrected chi connectivity index (χ0v) is 24.8. The summed E-state index contributed by atoms with van der Waals surface area (Å²) in [7, 11) is 0. The van der Waals surface area contributed by atoms with Crippen molar-refractivity contribution in [3.8, 4) is 0 Å². The van der Waals surface area contributed by atoms with Gasteiger partial charge in [0.1, 0.15) is 11.2 Å². The van der Waals surface area contributed by atoms with Crippen molar-refractivity contribution in [2.75, 3.05) is 18.6 Å². The van der Waals surface area contributed by atoms with Crippen LogP contribution in [-0.2, 0) is 32.1 Å². The quantitative estimate of drug-likeness (QED) is 0.146. The Bertz CT molecular complexity index is 1190. The average Bonchev–Trinajstić information content (AvgIpc) is 2.84. The summed E-state index contributed by atoms with van der Waals surface area (Å²) in [5.74, 6) is -0.370. The summed E-state index contributed by atoms with van der Waals surface area (Å²) in [5, 5.41) is 7.53. The van der Waals surface area contributed by atoms with Crippen molar-refractivity contribution in [2.45, 2.75) is 78.9 Å². The van der Waals surface area contributed by atoms with Crippen LogP contribution in [0.4, 0.5) is 9.59 Å². The Labute approximate surface area is 240 Å². The Morgan fingerprint density at radius 1 is 0.902 bits per heavy atom. The van der Waals surface area contributed by atoms with Gasteiger partial charge >= 0.3 is 12.2 Å². The third-order valence-electron chi connectivity index (χ3n) is 5.11. The molecule has 2 rings (SSSR count). The number of hydrogen-bond acceptors (Lipinski definition) is 9. The molecule has 0 spiro atoms. The number of hydroxylamine groups is 1. The lowest BCUT2D eigenvalue weighted by Crippen LogP contribution is -2.58. The summed E-state index contributed by atoms with van der Waals surface area (Å²) < 4.78 is 11.8. The maximum atomic E-state index is 12.9. The fraction of sp³-hybridized carbons (Fsp3) is 0.500. The van der Waals surface area contributed by atoms with Gasteiger partial charge in [0.15, 0.2) is 6.29 Å². The van der Waals surface area contributed by atoms with Crippen molar-refractivity contribution in [1.29, 1.82) is 0 Å². The number of nitrogens with zero attached hydrogens (tertiary/aromatic N) is 1. The fourth-order valence-corrected chi connectivity index (χ4v) is 3.33. The first-order chi connectivity index (χ1) is 19.1. The minimum absolute atomic E-state index is 0.0229. The third-order valence-corrected chi connectivity index (χ3v) is 5.11. The lowest BCUT2D eigenvalue weighted by molar-refractivity contribution is -0.120. The first-order valence-corrected chi connectivity index (χ1v) is 13.2. The second kappa shape index (κ2) is 15.1. The summed E-state index contributed by atoms with van der Waals surface area (Å²) in [5.41, 5.74) is 5.80. The highest BCUT2D eigenvalue weighted by Crippen LogP contribution is 2.08. The Balaban J connectivity index is 1.86. The zero-order valence-electron chi connectivity index (χ0n) is 24.8. The van der Waals surface area contributed by atoms with Crippen molar-refractivity contribution < 1.29 is 28.7 Å². The molecule has 0 aliphatic heterocycles. The van der Waals surface area contributed by atoms with Crippen molar-refractivity contribution >= 4 is 18.1 Å². The number of nitrogens with one attached hydrogen (secondary N) is 5. The van der Waals surface area contributed by atoms with Crippen molar-refractivity contribution in [1.82, 2.24) is 26.1 Å². The van der Waals surface area contributed by atoms with Gasteiger partial charge in [0, 0.05) is 18.3 Å². The van der Waals surface area contributed by atoms with E-state index < -0.39 is 29.7 Å². The molecule has 0 fully saturated rings. The Hall–Kier alpha value is -4.10. The molecule has 0 aliphatic rings. The standard InChI is InChI=1S/C28H42N6O7/c1-19-13-15-34(30-18-20-11-9-8-10-12-20)23(36)21(19)17-22(35)29-14-16-39-33-24(31-25(37)40-27(2,3)4)32-26(38)41-28(5,6)7/h8-13,15,24,30,33H,14,16-18H2,1-7H3,(H,29,35)(H,31,37)(H,32,38). The first kappa shape index (κ1) is 33.1. The zero-order chi connectivity index (χ0) is 30.6. The van der Waals surface area contributed by atoms with E-state index in [0.717, 1.165) is 5.56 Å². The molecule has 0 saturated heterocycles. The molecule has 5 N–H and O–H groups in total. The van der Waals surface area contributed by atoms with Crippen LogP contribution < -0.4 is 32.4 Å². The summed E-state index contributed by atoms with van der Waals surface area (Å²) >= 11 is 0. The smallest absolute Gasteiger partial charge is 0.410 e. The van der Waals surface area contributed by atoms with Gasteiger partial charge in [-0.2, -0.15) is 5.48 Å². The highest BCUT2D eigenvalue weighted by atomic mass is 16.7. The molecule has 3 amide bonds. The minimum atomic E-state index is -1.19. The number of pyridine rings is 1. The van der Waals surface area contributed by atoms with Crippen molar-refractivity contribution in [3.05, 3.63) is 69.6 Å². The molecular formula is C28H42N6O7. The monoisotopic (exact) mass is 574 g/mol. The van der Waals surface area contributed by atoms with E-state index in [2.05, 4.69) is 26.9 Å². The van der Waals surface area contributed by atoms with E-state index in [0.29, 0.717) is 17.7 Å². The van der Waals surface area contributed by atoms with Gasteiger partial charge in [-0.3, -0.25) is 25.1 Å². The largest absolute Gasteiger partial charge is 0.444 e. The summed E-state index contributed by atoms with van der Waals surface area (Å²) in [6.45, 7) is 12.5. The van der Waals surface area contributed by atoms with E-state index >= 15 is 0 Å². The van der Waals surface area contributed by atoms with Crippen molar-refractivity contribution in [2.24, 2.45) is 0 Å². The Kier molecular flexibility index (Phi) is 12.2. The summed E-state index contributed by atoms with van der Waals surface area (Å²) in [6, 6.07) is 11.4. The average molecular weight is 575 g/mol. The van der Waals surface area contributed by atoms with Crippen LogP contribution >= 0.6 is 0 Å². The summed E-state index contributed by atoms with van der Waals surface area (Å²) in [6.07, 6.45) is -1.27. The third kappa shape index (κ3) is 13.2.